The Morgan fingerprint density at radius 3 is 2.60 bits per heavy atom. The largest absolute Gasteiger partial charge is 0.133 e. The Balaban J connectivity index is 2.96. The average molecular weight is 170 g/mol. The zero-order valence-electron chi connectivity index (χ0n) is 6.09. The van der Waals surface area contributed by atoms with Gasteiger partial charge in [0.05, 0.1) is 0 Å². The number of hydrogen-bond donors (Lipinski definition) is 0. The molecule has 0 aromatic heterocycles. The summed E-state index contributed by atoms with van der Waals surface area (Å²) >= 11 is 0. The molecular weight excluding hydrogens is 158 g/mol. The van der Waals surface area contributed by atoms with Crippen molar-refractivity contribution in [1.82, 2.24) is 0 Å². The molecule has 0 N–H and O–H groups in total. The fourth-order valence-electron chi connectivity index (χ4n) is 0.942. The summed E-state index contributed by atoms with van der Waals surface area (Å²) in [7, 11) is 3.68. The van der Waals surface area contributed by atoms with Crippen LogP contribution in [0.5, 0.6) is 0 Å². The van der Waals surface area contributed by atoms with Gasteiger partial charge in [-0.05, 0) is 23.7 Å². The van der Waals surface area contributed by atoms with Gasteiger partial charge in [-0.3, -0.25) is 0 Å². The highest BCUT2D eigenvalue weighted by atomic mass is 31.1. The molecule has 0 radical (unpaired) electrons. The molecule has 0 amide bonds. The standard InChI is InChI=1S/C8H12P2/c1-10-8-5-3-2-4-7(8)6-9/h2-5,10H,6,9H2,1H3. The second kappa shape index (κ2) is 4.06. The topological polar surface area (TPSA) is 0 Å². The van der Waals surface area contributed by atoms with Crippen molar-refractivity contribution < 1.29 is 0 Å². The minimum Gasteiger partial charge on any atom is -0.133 e. The molecule has 0 aliphatic rings. The van der Waals surface area contributed by atoms with E-state index in [0.29, 0.717) is 0 Å². The van der Waals surface area contributed by atoms with E-state index >= 15 is 0 Å². The summed E-state index contributed by atoms with van der Waals surface area (Å²) < 4.78 is 0. The predicted molar refractivity (Wildman–Crippen MR) is 53.7 cm³/mol. The summed E-state index contributed by atoms with van der Waals surface area (Å²) in [6.45, 7) is 2.22. The summed E-state index contributed by atoms with van der Waals surface area (Å²) in [6.07, 6.45) is 1.08. The Hall–Kier alpha value is 0.0800. The first-order valence-corrected chi connectivity index (χ1v) is 5.66. The van der Waals surface area contributed by atoms with Gasteiger partial charge in [0, 0.05) is 0 Å². The highest BCUT2D eigenvalue weighted by Crippen LogP contribution is 2.11. The molecule has 1 aromatic carbocycles. The molecule has 10 heavy (non-hydrogen) atoms. The zero-order valence-corrected chi connectivity index (χ0v) is 8.25. The lowest BCUT2D eigenvalue weighted by Gasteiger charge is -2.02. The Bertz CT molecular complexity index is 185. The van der Waals surface area contributed by atoms with Crippen molar-refractivity contribution in [3.63, 3.8) is 0 Å². The highest BCUT2D eigenvalue weighted by molar-refractivity contribution is 7.46. The molecule has 1 aromatic rings. The Morgan fingerprint density at radius 2 is 2.10 bits per heavy atom. The number of hydrogen-bond acceptors (Lipinski definition) is 0. The average Bonchev–Trinajstić information content (AvgIpc) is 2.04. The molecular formula is C8H12P2. The second-order valence-electron chi connectivity index (χ2n) is 2.11. The molecule has 0 bridgehead atoms. The molecule has 2 heteroatoms. The van der Waals surface area contributed by atoms with Crippen molar-refractivity contribution in [2.75, 3.05) is 6.66 Å². The molecule has 54 valence electrons. The van der Waals surface area contributed by atoms with Crippen LogP contribution in [0.1, 0.15) is 5.56 Å². The van der Waals surface area contributed by atoms with Gasteiger partial charge in [0.2, 0.25) is 0 Å². The lowest BCUT2D eigenvalue weighted by Crippen LogP contribution is -1.99. The summed E-state index contributed by atoms with van der Waals surface area (Å²) in [5.74, 6) is 0. The Morgan fingerprint density at radius 1 is 1.40 bits per heavy atom. The monoisotopic (exact) mass is 170 g/mol. The second-order valence-corrected chi connectivity index (χ2v) is 3.56. The van der Waals surface area contributed by atoms with Gasteiger partial charge < -0.3 is 0 Å². The van der Waals surface area contributed by atoms with Gasteiger partial charge in [-0.1, -0.05) is 32.8 Å². The van der Waals surface area contributed by atoms with Crippen LogP contribution in [0.4, 0.5) is 0 Å². The van der Waals surface area contributed by atoms with E-state index in [9.17, 15) is 0 Å². The molecule has 0 spiro atoms. The summed E-state index contributed by atoms with van der Waals surface area (Å²) in [4.78, 5) is 0. The first kappa shape index (κ1) is 8.18. The lowest BCUT2D eigenvalue weighted by molar-refractivity contribution is 1.46. The molecule has 0 saturated carbocycles. The van der Waals surface area contributed by atoms with Crippen molar-refractivity contribution in [2.45, 2.75) is 6.16 Å². The number of rotatable bonds is 2. The van der Waals surface area contributed by atoms with E-state index in [4.69, 9.17) is 0 Å². The van der Waals surface area contributed by atoms with Crippen LogP contribution in [0.25, 0.3) is 0 Å². The van der Waals surface area contributed by atoms with E-state index in [1.807, 2.05) is 0 Å². The Labute approximate surface area is 66.4 Å². The van der Waals surface area contributed by atoms with Crippen LogP contribution in [-0.2, 0) is 6.16 Å². The van der Waals surface area contributed by atoms with Gasteiger partial charge in [0.15, 0.2) is 0 Å². The SMILES string of the molecule is CPc1ccccc1CP. The van der Waals surface area contributed by atoms with Crippen LogP contribution in [-0.4, -0.2) is 6.66 Å². The van der Waals surface area contributed by atoms with Crippen LogP contribution in [0, 0.1) is 0 Å². The third kappa shape index (κ3) is 1.78. The van der Waals surface area contributed by atoms with E-state index in [1.165, 1.54) is 10.9 Å². The van der Waals surface area contributed by atoms with Gasteiger partial charge in [-0.2, -0.15) is 0 Å². The minimum absolute atomic E-state index is 0.922. The van der Waals surface area contributed by atoms with Gasteiger partial charge >= 0.3 is 0 Å². The van der Waals surface area contributed by atoms with Gasteiger partial charge in [-0.15, -0.1) is 9.24 Å². The summed E-state index contributed by atoms with van der Waals surface area (Å²) in [6, 6.07) is 8.61. The zero-order chi connectivity index (χ0) is 7.40. The van der Waals surface area contributed by atoms with E-state index < -0.39 is 0 Å². The molecule has 2 atom stereocenters. The summed E-state index contributed by atoms with van der Waals surface area (Å²) in [5.41, 5.74) is 1.47. The normalized spacial score (nSPS) is 11.0. The predicted octanol–water partition coefficient (Wildman–Crippen LogP) is 2.00. The Kier molecular flexibility index (Phi) is 3.32. The summed E-state index contributed by atoms with van der Waals surface area (Å²) in [5, 5.41) is 1.50. The molecule has 0 fully saturated rings. The maximum atomic E-state index is 2.76. The maximum absolute atomic E-state index is 2.76. The van der Waals surface area contributed by atoms with Gasteiger partial charge in [0.25, 0.3) is 0 Å². The van der Waals surface area contributed by atoms with Crippen molar-refractivity contribution in [3.05, 3.63) is 29.8 Å². The van der Waals surface area contributed by atoms with E-state index in [0.717, 1.165) is 14.7 Å². The van der Waals surface area contributed by atoms with Crippen molar-refractivity contribution in [1.29, 1.82) is 0 Å². The molecule has 0 heterocycles. The maximum Gasteiger partial charge on any atom is -0.0122 e. The molecule has 1 rings (SSSR count). The van der Waals surface area contributed by atoms with Gasteiger partial charge in [0.1, 0.15) is 0 Å². The molecule has 2 unspecified atom stereocenters. The number of benzene rings is 1. The third-order valence-electron chi connectivity index (χ3n) is 1.51. The first-order chi connectivity index (χ1) is 4.88. The van der Waals surface area contributed by atoms with Crippen LogP contribution < -0.4 is 5.30 Å². The van der Waals surface area contributed by atoms with Crippen molar-refractivity contribution >= 4 is 23.1 Å². The fourth-order valence-corrected chi connectivity index (χ4v) is 2.27. The van der Waals surface area contributed by atoms with Crippen molar-refractivity contribution in [3.8, 4) is 0 Å². The minimum atomic E-state index is 0.922. The lowest BCUT2D eigenvalue weighted by atomic mass is 10.2. The van der Waals surface area contributed by atoms with Crippen LogP contribution in [0.3, 0.4) is 0 Å². The van der Waals surface area contributed by atoms with E-state index in [2.05, 4.69) is 40.2 Å². The molecule has 0 aliphatic heterocycles. The van der Waals surface area contributed by atoms with Crippen LogP contribution in [0.15, 0.2) is 24.3 Å². The fraction of sp³-hybridized carbons (Fsp3) is 0.250. The van der Waals surface area contributed by atoms with E-state index in [-0.39, 0.29) is 0 Å². The molecule has 0 aliphatic carbocycles. The third-order valence-corrected chi connectivity index (χ3v) is 2.97. The van der Waals surface area contributed by atoms with Crippen LogP contribution in [0.2, 0.25) is 0 Å². The quantitative estimate of drug-likeness (QED) is 0.595. The van der Waals surface area contributed by atoms with Crippen LogP contribution >= 0.6 is 17.8 Å². The first-order valence-electron chi connectivity index (χ1n) is 3.34. The van der Waals surface area contributed by atoms with Crippen molar-refractivity contribution in [2.24, 2.45) is 0 Å². The highest BCUT2D eigenvalue weighted by Gasteiger charge is 1.93. The van der Waals surface area contributed by atoms with E-state index in [1.54, 1.807) is 0 Å². The molecule has 0 nitrogen and oxygen atoms in total. The smallest absolute Gasteiger partial charge is 0.0122 e. The molecule has 0 saturated heterocycles. The van der Waals surface area contributed by atoms with Gasteiger partial charge in [-0.25, -0.2) is 0 Å².